The van der Waals surface area contributed by atoms with Crippen LogP contribution in [0.2, 0.25) is 0 Å². The van der Waals surface area contributed by atoms with Crippen LogP contribution in [0.25, 0.3) is 0 Å². The van der Waals surface area contributed by atoms with Gasteiger partial charge in [0, 0.05) is 5.57 Å². The Morgan fingerprint density at radius 3 is 1.76 bits per heavy atom. The second-order valence-corrected chi connectivity index (χ2v) is 8.95. The van der Waals surface area contributed by atoms with Crippen LogP contribution in [-0.2, 0) is 9.53 Å². The molecule has 4 rings (SSSR count). The highest BCUT2D eigenvalue weighted by Crippen LogP contribution is 2.63. The second kappa shape index (κ2) is 4.86. The van der Waals surface area contributed by atoms with E-state index < -0.39 is 5.60 Å². The summed E-state index contributed by atoms with van der Waals surface area (Å²) in [5.41, 5.74) is 2.11. The molecule has 118 valence electrons. The Morgan fingerprint density at radius 1 is 0.952 bits per heavy atom. The highest BCUT2D eigenvalue weighted by molar-refractivity contribution is 5.89. The summed E-state index contributed by atoms with van der Waals surface area (Å²) in [5.74, 6) is 2.63. The summed E-state index contributed by atoms with van der Waals surface area (Å²) in [4.78, 5) is 12.4. The molecule has 4 fully saturated rings. The van der Waals surface area contributed by atoms with E-state index >= 15 is 0 Å². The Labute approximate surface area is 129 Å². The minimum atomic E-state index is -0.403. The van der Waals surface area contributed by atoms with Gasteiger partial charge in [0.15, 0.2) is 0 Å². The molecule has 0 atom stereocenters. The molecule has 0 spiro atoms. The summed E-state index contributed by atoms with van der Waals surface area (Å²) in [7, 11) is 0. The van der Waals surface area contributed by atoms with Gasteiger partial charge in [0.2, 0.25) is 0 Å². The molecule has 0 radical (unpaired) electrons. The minimum absolute atomic E-state index is 0.115. The van der Waals surface area contributed by atoms with Gasteiger partial charge in [-0.05, 0) is 96.3 Å². The van der Waals surface area contributed by atoms with Crippen molar-refractivity contribution in [3.05, 3.63) is 11.1 Å². The zero-order valence-electron chi connectivity index (χ0n) is 14.3. The number of carbonyl (C=O) groups is 1. The molecule has 2 nitrogen and oxygen atoms in total. The minimum Gasteiger partial charge on any atom is -0.457 e. The number of ether oxygens (including phenoxy) is 1. The maximum absolute atomic E-state index is 12.4. The fourth-order valence-electron chi connectivity index (χ4n) is 5.48. The number of hydrogen-bond acceptors (Lipinski definition) is 2. The Morgan fingerprint density at radius 2 is 1.38 bits per heavy atom. The van der Waals surface area contributed by atoms with Crippen LogP contribution in [0, 0.1) is 23.2 Å². The van der Waals surface area contributed by atoms with Crippen molar-refractivity contribution in [1.82, 2.24) is 0 Å². The maximum atomic E-state index is 12.4. The summed E-state index contributed by atoms with van der Waals surface area (Å²) in [6.07, 6.45) is 8.26. The lowest BCUT2D eigenvalue weighted by Gasteiger charge is -2.57. The standard InChI is InChI=1S/C19H30O2/c1-12(17(20)21-18(3,4)5)13(2)19-9-14-6-15(10-19)8-16(7-14)11-19/h14-16H,6-11H2,1-5H3. The average Bonchev–Trinajstić information content (AvgIpc) is 2.33. The number of carbonyl (C=O) groups excluding carboxylic acids is 1. The Kier molecular flexibility index (Phi) is 3.50. The van der Waals surface area contributed by atoms with Crippen LogP contribution in [0.15, 0.2) is 11.1 Å². The van der Waals surface area contributed by atoms with Gasteiger partial charge in [-0.2, -0.15) is 0 Å². The van der Waals surface area contributed by atoms with Gasteiger partial charge in [0.1, 0.15) is 5.60 Å². The molecule has 4 bridgehead atoms. The van der Waals surface area contributed by atoms with Crippen molar-refractivity contribution in [2.45, 2.75) is 78.7 Å². The Bertz CT molecular complexity index is 443. The molecule has 0 N–H and O–H groups in total. The highest BCUT2D eigenvalue weighted by atomic mass is 16.6. The van der Waals surface area contributed by atoms with E-state index in [4.69, 9.17) is 4.74 Å². The predicted octanol–water partition coefficient (Wildman–Crippen LogP) is 4.88. The van der Waals surface area contributed by atoms with E-state index in [1.54, 1.807) is 0 Å². The molecule has 0 aromatic carbocycles. The Hall–Kier alpha value is -0.790. The third-order valence-corrected chi connectivity index (χ3v) is 6.10. The average molecular weight is 290 g/mol. The van der Waals surface area contributed by atoms with Crippen molar-refractivity contribution >= 4 is 5.97 Å². The molecule has 4 aliphatic carbocycles. The van der Waals surface area contributed by atoms with Crippen LogP contribution >= 0.6 is 0 Å². The monoisotopic (exact) mass is 290 g/mol. The fraction of sp³-hybridized carbons (Fsp3) is 0.842. The summed E-state index contributed by atoms with van der Waals surface area (Å²) in [5, 5.41) is 0. The van der Waals surface area contributed by atoms with E-state index in [2.05, 4.69) is 6.92 Å². The van der Waals surface area contributed by atoms with Crippen LogP contribution in [0.5, 0.6) is 0 Å². The molecule has 0 aromatic heterocycles. The van der Waals surface area contributed by atoms with Gasteiger partial charge >= 0.3 is 5.97 Å². The quantitative estimate of drug-likeness (QED) is 0.535. The number of allylic oxidation sites excluding steroid dienone is 1. The molecule has 0 aromatic rings. The third-order valence-electron chi connectivity index (χ3n) is 6.10. The molecule has 0 heterocycles. The molecule has 2 heteroatoms. The zero-order chi connectivity index (χ0) is 15.4. The van der Waals surface area contributed by atoms with E-state index in [1.807, 2.05) is 27.7 Å². The molecule has 0 aliphatic heterocycles. The lowest BCUT2D eigenvalue weighted by Crippen LogP contribution is -2.47. The maximum Gasteiger partial charge on any atom is 0.334 e. The Balaban J connectivity index is 1.85. The number of esters is 1. The molecule has 4 aliphatic rings. The summed E-state index contributed by atoms with van der Waals surface area (Å²) in [6, 6.07) is 0. The van der Waals surface area contributed by atoms with Crippen LogP contribution in [-0.4, -0.2) is 11.6 Å². The van der Waals surface area contributed by atoms with Crippen molar-refractivity contribution in [2.24, 2.45) is 23.2 Å². The molecule has 21 heavy (non-hydrogen) atoms. The lowest BCUT2D eigenvalue weighted by molar-refractivity contribution is -0.150. The van der Waals surface area contributed by atoms with Crippen molar-refractivity contribution in [2.75, 3.05) is 0 Å². The number of hydrogen-bond donors (Lipinski definition) is 0. The van der Waals surface area contributed by atoms with Crippen molar-refractivity contribution < 1.29 is 9.53 Å². The van der Waals surface area contributed by atoms with Crippen molar-refractivity contribution in [1.29, 1.82) is 0 Å². The predicted molar refractivity (Wildman–Crippen MR) is 84.8 cm³/mol. The van der Waals surface area contributed by atoms with E-state index in [0.29, 0.717) is 5.41 Å². The van der Waals surface area contributed by atoms with Gasteiger partial charge in [-0.1, -0.05) is 5.57 Å². The third kappa shape index (κ3) is 2.78. The van der Waals surface area contributed by atoms with Gasteiger partial charge < -0.3 is 4.74 Å². The SMILES string of the molecule is CC(C(=O)OC(C)(C)C)=C(C)C12CC3CC(CC(C3)C1)C2. The van der Waals surface area contributed by atoms with Crippen LogP contribution in [0.4, 0.5) is 0 Å². The molecular formula is C19H30O2. The largest absolute Gasteiger partial charge is 0.457 e. The zero-order valence-corrected chi connectivity index (χ0v) is 14.3. The van der Waals surface area contributed by atoms with Crippen LogP contribution in [0.1, 0.15) is 73.1 Å². The first kappa shape index (κ1) is 15.1. The van der Waals surface area contributed by atoms with E-state index in [0.717, 1.165) is 23.3 Å². The summed E-state index contributed by atoms with van der Waals surface area (Å²) >= 11 is 0. The highest BCUT2D eigenvalue weighted by Gasteiger charge is 2.52. The number of rotatable bonds is 2. The summed E-state index contributed by atoms with van der Waals surface area (Å²) in [6.45, 7) is 10.0. The molecular weight excluding hydrogens is 260 g/mol. The van der Waals surface area contributed by atoms with Gasteiger partial charge in [0.25, 0.3) is 0 Å². The van der Waals surface area contributed by atoms with Crippen molar-refractivity contribution in [3.63, 3.8) is 0 Å². The van der Waals surface area contributed by atoms with Crippen LogP contribution in [0.3, 0.4) is 0 Å². The fourth-order valence-corrected chi connectivity index (χ4v) is 5.48. The molecule has 0 unspecified atom stereocenters. The lowest BCUT2D eigenvalue weighted by atomic mass is 9.47. The van der Waals surface area contributed by atoms with E-state index in [1.165, 1.54) is 44.1 Å². The van der Waals surface area contributed by atoms with Gasteiger partial charge in [-0.15, -0.1) is 0 Å². The topological polar surface area (TPSA) is 26.3 Å². The van der Waals surface area contributed by atoms with E-state index in [9.17, 15) is 4.79 Å². The normalized spacial score (nSPS) is 39.2. The van der Waals surface area contributed by atoms with Gasteiger partial charge in [-0.3, -0.25) is 0 Å². The first-order valence-corrected chi connectivity index (χ1v) is 8.60. The summed E-state index contributed by atoms with van der Waals surface area (Å²) < 4.78 is 5.59. The molecule has 0 amide bonds. The van der Waals surface area contributed by atoms with Gasteiger partial charge in [0.05, 0.1) is 0 Å². The van der Waals surface area contributed by atoms with Crippen molar-refractivity contribution in [3.8, 4) is 0 Å². The molecule has 4 saturated carbocycles. The second-order valence-electron chi connectivity index (χ2n) is 8.95. The first-order valence-electron chi connectivity index (χ1n) is 8.60. The van der Waals surface area contributed by atoms with Gasteiger partial charge in [-0.25, -0.2) is 4.79 Å². The van der Waals surface area contributed by atoms with E-state index in [-0.39, 0.29) is 5.97 Å². The smallest absolute Gasteiger partial charge is 0.334 e. The molecule has 0 saturated heterocycles. The first-order chi connectivity index (χ1) is 9.68. The van der Waals surface area contributed by atoms with Crippen LogP contribution < -0.4 is 0 Å².